The van der Waals surface area contributed by atoms with Crippen LogP contribution >= 0.6 is 0 Å². The number of amides is 1. The molecule has 2 N–H and O–H groups in total. The van der Waals surface area contributed by atoms with Crippen LogP contribution in [0.2, 0.25) is 0 Å². The molecule has 1 heterocycles. The predicted octanol–water partition coefficient (Wildman–Crippen LogP) is 1.55. The Hall–Kier alpha value is -2.14. The summed E-state index contributed by atoms with van der Waals surface area (Å²) in [5, 5.41) is 10.1. The third-order valence-electron chi connectivity index (χ3n) is 2.91. The van der Waals surface area contributed by atoms with Crippen molar-refractivity contribution >= 4 is 11.7 Å². The number of anilines is 1. The fourth-order valence-electron chi connectivity index (χ4n) is 1.92. The lowest BCUT2D eigenvalue weighted by atomic mass is 10.1. The third-order valence-corrected chi connectivity index (χ3v) is 2.91. The van der Waals surface area contributed by atoms with Crippen molar-refractivity contribution in [2.45, 2.75) is 6.92 Å². The Morgan fingerprint density at radius 3 is 2.79 bits per heavy atom. The van der Waals surface area contributed by atoms with Gasteiger partial charge in [0, 0.05) is 18.7 Å². The molecule has 1 amide bonds. The Balaban J connectivity index is 2.26. The van der Waals surface area contributed by atoms with Gasteiger partial charge in [-0.1, -0.05) is 24.3 Å². The van der Waals surface area contributed by atoms with Crippen molar-refractivity contribution in [2.75, 3.05) is 18.9 Å². The summed E-state index contributed by atoms with van der Waals surface area (Å²) in [6.45, 7) is 2.33. The molecular formula is C14H18N4O. The van der Waals surface area contributed by atoms with Gasteiger partial charge in [0.05, 0.1) is 12.2 Å². The van der Waals surface area contributed by atoms with Crippen molar-refractivity contribution in [1.82, 2.24) is 15.1 Å². The molecule has 0 saturated heterocycles. The molecule has 2 rings (SSSR count). The molecule has 19 heavy (non-hydrogen) atoms. The quantitative estimate of drug-likeness (QED) is 0.875. The molecule has 0 spiro atoms. The Labute approximate surface area is 112 Å². The molecule has 0 aliphatic rings. The average molecular weight is 258 g/mol. The van der Waals surface area contributed by atoms with E-state index < -0.39 is 0 Å². The molecule has 5 nitrogen and oxygen atoms in total. The maximum absolute atomic E-state index is 11.6. The zero-order chi connectivity index (χ0) is 13.8. The Morgan fingerprint density at radius 2 is 2.11 bits per heavy atom. The van der Waals surface area contributed by atoms with E-state index in [0.717, 1.165) is 16.8 Å². The van der Waals surface area contributed by atoms with E-state index in [1.807, 2.05) is 44.3 Å². The van der Waals surface area contributed by atoms with Gasteiger partial charge in [-0.3, -0.25) is 9.48 Å². The van der Waals surface area contributed by atoms with E-state index >= 15 is 0 Å². The maximum Gasteiger partial charge on any atom is 0.239 e. The Bertz CT molecular complexity index is 589. The van der Waals surface area contributed by atoms with Gasteiger partial charge in [0.1, 0.15) is 5.82 Å². The van der Waals surface area contributed by atoms with Crippen molar-refractivity contribution < 1.29 is 4.79 Å². The van der Waals surface area contributed by atoms with Crippen LogP contribution in [0.15, 0.2) is 30.3 Å². The summed E-state index contributed by atoms with van der Waals surface area (Å²) in [7, 11) is 3.55. The van der Waals surface area contributed by atoms with Crippen molar-refractivity contribution in [3.05, 3.63) is 35.9 Å². The zero-order valence-electron chi connectivity index (χ0n) is 11.4. The van der Waals surface area contributed by atoms with Gasteiger partial charge < -0.3 is 10.6 Å². The first-order valence-electron chi connectivity index (χ1n) is 6.16. The van der Waals surface area contributed by atoms with E-state index in [-0.39, 0.29) is 12.5 Å². The number of likely N-dealkylation sites (N-methyl/N-ethyl adjacent to an activating group) is 1. The van der Waals surface area contributed by atoms with Crippen LogP contribution in [0, 0.1) is 6.92 Å². The summed E-state index contributed by atoms with van der Waals surface area (Å²) < 4.78 is 1.68. The molecule has 5 heteroatoms. The predicted molar refractivity (Wildman–Crippen MR) is 75.9 cm³/mol. The van der Waals surface area contributed by atoms with Gasteiger partial charge in [-0.15, -0.1) is 0 Å². The van der Waals surface area contributed by atoms with Crippen molar-refractivity contribution in [3.63, 3.8) is 0 Å². The molecular weight excluding hydrogens is 240 g/mol. The SMILES string of the molecule is CNCC(=O)Nc1cc(-c2ccccc2C)nn1C. The molecule has 1 aromatic heterocycles. The average Bonchev–Trinajstić information content (AvgIpc) is 2.71. The van der Waals surface area contributed by atoms with Crippen LogP contribution in [0.1, 0.15) is 5.56 Å². The van der Waals surface area contributed by atoms with E-state index in [0.29, 0.717) is 5.82 Å². The van der Waals surface area contributed by atoms with Crippen LogP contribution in [-0.4, -0.2) is 29.3 Å². The number of hydrogen-bond acceptors (Lipinski definition) is 3. The lowest BCUT2D eigenvalue weighted by Gasteiger charge is -2.03. The largest absolute Gasteiger partial charge is 0.311 e. The second kappa shape index (κ2) is 5.67. The first kappa shape index (κ1) is 13.3. The molecule has 0 fully saturated rings. The van der Waals surface area contributed by atoms with Gasteiger partial charge in [0.25, 0.3) is 0 Å². The van der Waals surface area contributed by atoms with Crippen LogP contribution < -0.4 is 10.6 Å². The summed E-state index contributed by atoms with van der Waals surface area (Å²) in [6.07, 6.45) is 0. The van der Waals surface area contributed by atoms with Crippen molar-refractivity contribution in [2.24, 2.45) is 7.05 Å². The number of nitrogens with zero attached hydrogens (tertiary/aromatic N) is 2. The summed E-state index contributed by atoms with van der Waals surface area (Å²) in [5.41, 5.74) is 3.10. The normalized spacial score (nSPS) is 10.5. The molecule has 0 atom stereocenters. The smallest absolute Gasteiger partial charge is 0.239 e. The summed E-state index contributed by atoms with van der Waals surface area (Å²) in [4.78, 5) is 11.6. The lowest BCUT2D eigenvalue weighted by Crippen LogP contribution is -2.25. The second-order valence-electron chi connectivity index (χ2n) is 4.43. The standard InChI is InChI=1S/C14H18N4O/c1-10-6-4-5-7-11(10)12-8-13(18(3)17-12)16-14(19)9-15-2/h4-8,15H,9H2,1-3H3,(H,16,19). The Morgan fingerprint density at radius 1 is 1.37 bits per heavy atom. The van der Waals surface area contributed by atoms with Crippen LogP contribution in [0.4, 0.5) is 5.82 Å². The molecule has 0 aliphatic carbocycles. The molecule has 2 aromatic rings. The number of aromatic nitrogens is 2. The molecule has 0 aliphatic heterocycles. The van der Waals surface area contributed by atoms with E-state index in [1.165, 1.54) is 0 Å². The fraction of sp³-hybridized carbons (Fsp3) is 0.286. The number of rotatable bonds is 4. The monoisotopic (exact) mass is 258 g/mol. The Kier molecular flexibility index (Phi) is 3.97. The van der Waals surface area contributed by atoms with Gasteiger partial charge in [0.15, 0.2) is 0 Å². The first-order chi connectivity index (χ1) is 9.11. The molecule has 0 saturated carbocycles. The highest BCUT2D eigenvalue weighted by molar-refractivity contribution is 5.92. The van der Waals surface area contributed by atoms with Crippen LogP contribution in [-0.2, 0) is 11.8 Å². The minimum atomic E-state index is -0.0816. The minimum Gasteiger partial charge on any atom is -0.311 e. The van der Waals surface area contributed by atoms with Crippen molar-refractivity contribution in [3.8, 4) is 11.3 Å². The highest BCUT2D eigenvalue weighted by Gasteiger charge is 2.10. The number of nitrogens with one attached hydrogen (secondary N) is 2. The summed E-state index contributed by atoms with van der Waals surface area (Å²) >= 11 is 0. The van der Waals surface area contributed by atoms with Crippen LogP contribution in [0.25, 0.3) is 11.3 Å². The fourth-order valence-corrected chi connectivity index (χ4v) is 1.92. The molecule has 0 bridgehead atoms. The third kappa shape index (κ3) is 3.00. The zero-order valence-corrected chi connectivity index (χ0v) is 11.4. The van der Waals surface area contributed by atoms with Gasteiger partial charge in [-0.25, -0.2) is 0 Å². The summed E-state index contributed by atoms with van der Waals surface area (Å²) in [5.74, 6) is 0.611. The van der Waals surface area contributed by atoms with Gasteiger partial charge in [-0.2, -0.15) is 5.10 Å². The van der Waals surface area contributed by atoms with Gasteiger partial charge in [-0.05, 0) is 19.5 Å². The second-order valence-corrected chi connectivity index (χ2v) is 4.43. The molecule has 0 radical (unpaired) electrons. The number of benzene rings is 1. The number of hydrogen-bond donors (Lipinski definition) is 2. The van der Waals surface area contributed by atoms with Gasteiger partial charge in [0.2, 0.25) is 5.91 Å². The molecule has 0 unspecified atom stereocenters. The number of carbonyl (C=O) groups excluding carboxylic acids is 1. The highest BCUT2D eigenvalue weighted by Crippen LogP contribution is 2.24. The van der Waals surface area contributed by atoms with Gasteiger partial charge >= 0.3 is 0 Å². The maximum atomic E-state index is 11.6. The lowest BCUT2D eigenvalue weighted by molar-refractivity contribution is -0.115. The van der Waals surface area contributed by atoms with E-state index in [2.05, 4.69) is 15.7 Å². The van der Waals surface area contributed by atoms with Crippen LogP contribution in [0.5, 0.6) is 0 Å². The number of carbonyl (C=O) groups is 1. The highest BCUT2D eigenvalue weighted by atomic mass is 16.2. The number of aryl methyl sites for hydroxylation is 2. The van der Waals surface area contributed by atoms with E-state index in [4.69, 9.17) is 0 Å². The van der Waals surface area contributed by atoms with E-state index in [1.54, 1.807) is 11.7 Å². The molecule has 1 aromatic carbocycles. The minimum absolute atomic E-state index is 0.0816. The summed E-state index contributed by atoms with van der Waals surface area (Å²) in [6, 6.07) is 9.93. The van der Waals surface area contributed by atoms with E-state index in [9.17, 15) is 4.79 Å². The van der Waals surface area contributed by atoms with Crippen molar-refractivity contribution in [1.29, 1.82) is 0 Å². The molecule has 100 valence electrons. The van der Waals surface area contributed by atoms with Crippen LogP contribution in [0.3, 0.4) is 0 Å². The topological polar surface area (TPSA) is 59.0 Å². The first-order valence-corrected chi connectivity index (χ1v) is 6.16.